The Hall–Kier alpha value is -2.49. The summed E-state index contributed by atoms with van der Waals surface area (Å²) in [7, 11) is 0. The molecule has 0 amide bonds. The minimum absolute atomic E-state index is 0.385. The minimum Gasteiger partial charge on any atom is -0.308 e. The van der Waals surface area contributed by atoms with Crippen LogP contribution in [0.25, 0.3) is 0 Å². The van der Waals surface area contributed by atoms with Crippen molar-refractivity contribution >= 4 is 0 Å². The lowest BCUT2D eigenvalue weighted by Gasteiger charge is -2.54. The summed E-state index contributed by atoms with van der Waals surface area (Å²) in [6.07, 6.45) is 6.39. The number of hydrogen-bond donors (Lipinski definition) is 1. The first kappa shape index (κ1) is 18.5. The van der Waals surface area contributed by atoms with E-state index >= 15 is 0 Å². The van der Waals surface area contributed by atoms with Gasteiger partial charge >= 0.3 is 0 Å². The molecular weight excluding hydrogens is 354 g/mol. The average molecular weight is 384 g/mol. The van der Waals surface area contributed by atoms with Gasteiger partial charge in [0.1, 0.15) is 0 Å². The topological polar surface area (TPSA) is 28.2 Å². The molecule has 0 radical (unpaired) electrons. The Morgan fingerprint density at radius 1 is 0.828 bits per heavy atom. The monoisotopic (exact) mass is 383 g/mol. The van der Waals surface area contributed by atoms with E-state index in [0.717, 1.165) is 12.5 Å². The third-order valence-electron chi connectivity index (χ3n) is 6.82. The second kappa shape index (κ2) is 8.48. The first-order chi connectivity index (χ1) is 14.4. The second-order valence-electron chi connectivity index (χ2n) is 8.43. The number of benzene rings is 2. The van der Waals surface area contributed by atoms with Crippen LogP contribution in [0.3, 0.4) is 0 Å². The molecule has 2 atom stereocenters. The number of nitrogens with one attached hydrogen (secondary N) is 1. The lowest BCUT2D eigenvalue weighted by atomic mass is 9.70. The Kier molecular flexibility index (Phi) is 5.42. The van der Waals surface area contributed by atoms with Crippen LogP contribution in [0.15, 0.2) is 85.2 Å². The second-order valence-corrected chi connectivity index (χ2v) is 8.43. The normalized spacial score (nSPS) is 26.0. The van der Waals surface area contributed by atoms with E-state index < -0.39 is 0 Å². The van der Waals surface area contributed by atoms with Crippen molar-refractivity contribution < 1.29 is 0 Å². The van der Waals surface area contributed by atoms with Gasteiger partial charge < -0.3 is 5.32 Å². The maximum Gasteiger partial charge on any atom is 0.0361 e. The third-order valence-corrected chi connectivity index (χ3v) is 6.82. The molecule has 0 aliphatic carbocycles. The molecule has 3 heteroatoms. The fraction of sp³-hybridized carbons (Fsp3) is 0.346. The van der Waals surface area contributed by atoms with Crippen molar-refractivity contribution in [1.29, 1.82) is 0 Å². The molecule has 29 heavy (non-hydrogen) atoms. The number of hydrogen-bond acceptors (Lipinski definition) is 3. The van der Waals surface area contributed by atoms with E-state index in [2.05, 4.69) is 88.0 Å². The number of piperidine rings is 3. The van der Waals surface area contributed by atoms with Crippen molar-refractivity contribution in [2.45, 2.75) is 37.4 Å². The SMILES string of the molecule is c1ccc(C(c2ccccc2)C2C(NCc3ccncc3)C3CCN2CC3)cc1. The minimum atomic E-state index is 0.385. The van der Waals surface area contributed by atoms with Gasteiger partial charge in [-0.15, -0.1) is 0 Å². The van der Waals surface area contributed by atoms with Gasteiger partial charge in [-0.05, 0) is 60.7 Å². The quantitative estimate of drug-likeness (QED) is 0.681. The Labute approximate surface area is 173 Å². The van der Waals surface area contributed by atoms with Gasteiger partial charge in [0.15, 0.2) is 0 Å². The van der Waals surface area contributed by atoms with Gasteiger partial charge in [0, 0.05) is 36.9 Å². The van der Waals surface area contributed by atoms with E-state index in [1.54, 1.807) is 0 Å². The fourth-order valence-corrected chi connectivity index (χ4v) is 5.43. The average Bonchev–Trinajstić information content (AvgIpc) is 2.81. The maximum atomic E-state index is 4.16. The number of fused-ring (bicyclic) bond motifs is 3. The predicted octanol–water partition coefficient (Wildman–Crippen LogP) is 4.47. The summed E-state index contributed by atoms with van der Waals surface area (Å²) in [6, 6.07) is 27.4. The molecule has 2 aromatic carbocycles. The Morgan fingerprint density at radius 2 is 1.41 bits per heavy atom. The molecular formula is C26H29N3. The summed E-state index contributed by atoms with van der Waals surface area (Å²) in [4.78, 5) is 6.91. The molecule has 3 aromatic rings. The molecule has 0 saturated carbocycles. The van der Waals surface area contributed by atoms with Crippen molar-refractivity contribution in [3.8, 4) is 0 Å². The lowest BCUT2D eigenvalue weighted by Crippen LogP contribution is -2.64. The number of aromatic nitrogens is 1. The molecule has 148 valence electrons. The molecule has 0 spiro atoms. The van der Waals surface area contributed by atoms with E-state index in [1.165, 1.54) is 42.6 Å². The van der Waals surface area contributed by atoms with Crippen molar-refractivity contribution in [2.24, 2.45) is 5.92 Å². The Balaban J connectivity index is 1.50. The molecule has 1 aromatic heterocycles. The zero-order chi connectivity index (χ0) is 19.5. The fourth-order valence-electron chi connectivity index (χ4n) is 5.43. The summed E-state index contributed by atoms with van der Waals surface area (Å²) in [6.45, 7) is 3.35. The zero-order valence-corrected chi connectivity index (χ0v) is 16.8. The van der Waals surface area contributed by atoms with Gasteiger partial charge in [0.2, 0.25) is 0 Å². The van der Waals surface area contributed by atoms with Crippen molar-refractivity contribution in [3.63, 3.8) is 0 Å². The van der Waals surface area contributed by atoms with Crippen LogP contribution in [0.2, 0.25) is 0 Å². The van der Waals surface area contributed by atoms with Gasteiger partial charge in [-0.1, -0.05) is 60.7 Å². The highest BCUT2D eigenvalue weighted by Gasteiger charge is 2.46. The van der Waals surface area contributed by atoms with Crippen molar-refractivity contribution in [2.75, 3.05) is 13.1 Å². The Morgan fingerprint density at radius 3 is 2.00 bits per heavy atom. The van der Waals surface area contributed by atoms with Crippen LogP contribution in [-0.4, -0.2) is 35.1 Å². The maximum absolute atomic E-state index is 4.16. The first-order valence-corrected chi connectivity index (χ1v) is 10.9. The Bertz CT molecular complexity index is 850. The highest BCUT2D eigenvalue weighted by atomic mass is 15.2. The molecule has 2 unspecified atom stereocenters. The van der Waals surface area contributed by atoms with E-state index in [-0.39, 0.29) is 0 Å². The van der Waals surface area contributed by atoms with Gasteiger partial charge in [-0.25, -0.2) is 0 Å². The van der Waals surface area contributed by atoms with Crippen LogP contribution in [0.5, 0.6) is 0 Å². The molecule has 2 bridgehead atoms. The van der Waals surface area contributed by atoms with Crippen LogP contribution < -0.4 is 5.32 Å². The molecule has 1 N–H and O–H groups in total. The summed E-state index contributed by atoms with van der Waals surface area (Å²) in [5, 5.41) is 3.97. The molecule has 3 fully saturated rings. The van der Waals surface area contributed by atoms with Crippen LogP contribution in [0.4, 0.5) is 0 Å². The van der Waals surface area contributed by atoms with Gasteiger partial charge in [-0.2, -0.15) is 0 Å². The smallest absolute Gasteiger partial charge is 0.0361 e. The number of nitrogens with zero attached hydrogens (tertiary/aromatic N) is 2. The third kappa shape index (κ3) is 3.85. The highest BCUT2D eigenvalue weighted by Crippen LogP contribution is 2.42. The predicted molar refractivity (Wildman–Crippen MR) is 118 cm³/mol. The van der Waals surface area contributed by atoms with Gasteiger partial charge in [0.05, 0.1) is 0 Å². The van der Waals surface area contributed by atoms with E-state index in [0.29, 0.717) is 18.0 Å². The van der Waals surface area contributed by atoms with Crippen LogP contribution in [0.1, 0.15) is 35.4 Å². The number of rotatable bonds is 6. The zero-order valence-electron chi connectivity index (χ0n) is 16.8. The summed E-state index contributed by atoms with van der Waals surface area (Å²) in [5.74, 6) is 1.14. The molecule has 3 nitrogen and oxygen atoms in total. The van der Waals surface area contributed by atoms with Gasteiger partial charge in [0.25, 0.3) is 0 Å². The molecule has 3 aliphatic heterocycles. The van der Waals surface area contributed by atoms with Crippen LogP contribution in [0, 0.1) is 5.92 Å². The summed E-state index contributed by atoms with van der Waals surface area (Å²) < 4.78 is 0. The molecule has 6 rings (SSSR count). The highest BCUT2D eigenvalue weighted by molar-refractivity contribution is 5.36. The molecule has 4 heterocycles. The standard InChI is InChI=1S/C26H29N3/c1-3-7-21(8-4-1)24(22-9-5-2-6-10-22)26-25(23-13-17-29(26)18-14-23)28-19-20-11-15-27-16-12-20/h1-12,15-16,23-26,28H,13-14,17-19H2. The van der Waals surface area contributed by atoms with Crippen molar-refractivity contribution in [1.82, 2.24) is 15.2 Å². The molecule has 3 saturated heterocycles. The summed E-state index contributed by atoms with van der Waals surface area (Å²) in [5.41, 5.74) is 4.16. The largest absolute Gasteiger partial charge is 0.308 e. The first-order valence-electron chi connectivity index (χ1n) is 10.9. The number of pyridine rings is 1. The van der Waals surface area contributed by atoms with E-state index in [4.69, 9.17) is 0 Å². The van der Waals surface area contributed by atoms with Crippen LogP contribution in [-0.2, 0) is 6.54 Å². The molecule has 3 aliphatic rings. The lowest BCUT2D eigenvalue weighted by molar-refractivity contribution is 0.00468. The van der Waals surface area contributed by atoms with Crippen LogP contribution >= 0.6 is 0 Å². The van der Waals surface area contributed by atoms with Gasteiger partial charge in [-0.3, -0.25) is 9.88 Å². The van der Waals surface area contributed by atoms with Crippen molar-refractivity contribution in [3.05, 3.63) is 102 Å². The summed E-state index contributed by atoms with van der Waals surface area (Å²) >= 11 is 0. The van der Waals surface area contributed by atoms with E-state index in [9.17, 15) is 0 Å². The van der Waals surface area contributed by atoms with E-state index in [1.807, 2.05) is 12.4 Å².